The molecule has 7 heteroatoms. The number of rotatable bonds is 4. The minimum Gasteiger partial charge on any atom is -0.464 e. The standard InChI is InChI=1S/C18H14N2O4S/c1-25(21,22)20-14-5-2-4-13(10-14)18-19-15-8-7-12(11-17(15)24-18)16-6-3-9-23-16/h2-11,20H,1H3. The van der Waals surface area contributed by atoms with Gasteiger partial charge in [0.25, 0.3) is 0 Å². The Morgan fingerprint density at radius 3 is 2.64 bits per heavy atom. The van der Waals surface area contributed by atoms with Crippen LogP contribution in [0.4, 0.5) is 5.69 Å². The van der Waals surface area contributed by atoms with E-state index in [4.69, 9.17) is 8.83 Å². The number of hydrogen-bond acceptors (Lipinski definition) is 5. The second-order valence-corrected chi connectivity index (χ2v) is 7.38. The zero-order valence-corrected chi connectivity index (χ0v) is 14.1. The van der Waals surface area contributed by atoms with E-state index in [0.29, 0.717) is 28.2 Å². The van der Waals surface area contributed by atoms with Crippen LogP contribution in [0.25, 0.3) is 33.9 Å². The second-order valence-electron chi connectivity index (χ2n) is 5.63. The summed E-state index contributed by atoms with van der Waals surface area (Å²) in [4.78, 5) is 4.47. The third kappa shape index (κ3) is 3.27. The molecule has 126 valence electrons. The van der Waals surface area contributed by atoms with Gasteiger partial charge in [0.05, 0.1) is 12.5 Å². The van der Waals surface area contributed by atoms with Crippen LogP contribution < -0.4 is 4.72 Å². The average Bonchev–Trinajstić information content (AvgIpc) is 3.22. The highest BCUT2D eigenvalue weighted by molar-refractivity contribution is 7.92. The van der Waals surface area contributed by atoms with Crippen LogP contribution in [-0.2, 0) is 10.0 Å². The Morgan fingerprint density at radius 2 is 1.88 bits per heavy atom. The van der Waals surface area contributed by atoms with Gasteiger partial charge in [-0.2, -0.15) is 0 Å². The minimum absolute atomic E-state index is 0.420. The maximum Gasteiger partial charge on any atom is 0.229 e. The van der Waals surface area contributed by atoms with Gasteiger partial charge in [0.1, 0.15) is 11.3 Å². The summed E-state index contributed by atoms with van der Waals surface area (Å²) >= 11 is 0. The highest BCUT2D eigenvalue weighted by atomic mass is 32.2. The predicted molar refractivity (Wildman–Crippen MR) is 95.6 cm³/mol. The Hall–Kier alpha value is -3.06. The van der Waals surface area contributed by atoms with Crippen molar-refractivity contribution in [2.24, 2.45) is 0 Å². The molecular formula is C18H14N2O4S. The Morgan fingerprint density at radius 1 is 1.00 bits per heavy atom. The van der Waals surface area contributed by atoms with Gasteiger partial charge in [-0.3, -0.25) is 4.72 Å². The molecule has 2 heterocycles. The van der Waals surface area contributed by atoms with Crippen molar-refractivity contribution < 1.29 is 17.3 Å². The Balaban J connectivity index is 1.73. The van der Waals surface area contributed by atoms with Gasteiger partial charge in [0, 0.05) is 16.8 Å². The summed E-state index contributed by atoms with van der Waals surface area (Å²) in [5.41, 5.74) is 3.38. The first-order valence-electron chi connectivity index (χ1n) is 7.51. The van der Waals surface area contributed by atoms with E-state index in [1.807, 2.05) is 36.4 Å². The van der Waals surface area contributed by atoms with Crippen LogP contribution in [0.15, 0.2) is 69.7 Å². The first-order chi connectivity index (χ1) is 12.0. The highest BCUT2D eigenvalue weighted by Gasteiger charge is 2.11. The van der Waals surface area contributed by atoms with Gasteiger partial charge in [-0.1, -0.05) is 6.07 Å². The summed E-state index contributed by atoms with van der Waals surface area (Å²) < 4.78 is 36.4. The number of benzene rings is 2. The van der Waals surface area contributed by atoms with Crippen molar-refractivity contribution in [3.63, 3.8) is 0 Å². The van der Waals surface area contributed by atoms with Crippen LogP contribution in [0, 0.1) is 0 Å². The van der Waals surface area contributed by atoms with Crippen LogP contribution in [0.5, 0.6) is 0 Å². The average molecular weight is 354 g/mol. The summed E-state index contributed by atoms with van der Waals surface area (Å²) in [6, 6.07) is 16.2. The van der Waals surface area contributed by atoms with Crippen molar-refractivity contribution in [2.75, 3.05) is 11.0 Å². The molecule has 0 bridgehead atoms. The normalized spacial score (nSPS) is 11.7. The largest absolute Gasteiger partial charge is 0.464 e. The van der Waals surface area contributed by atoms with Crippen LogP contribution in [0.2, 0.25) is 0 Å². The molecule has 0 aliphatic rings. The molecule has 0 saturated heterocycles. The fraction of sp³-hybridized carbons (Fsp3) is 0.0556. The summed E-state index contributed by atoms with van der Waals surface area (Å²) in [6.45, 7) is 0. The molecule has 4 aromatic rings. The number of nitrogens with one attached hydrogen (secondary N) is 1. The number of anilines is 1. The summed E-state index contributed by atoms with van der Waals surface area (Å²) in [5.74, 6) is 1.17. The Kier molecular flexibility index (Phi) is 3.58. The van der Waals surface area contributed by atoms with Crippen molar-refractivity contribution in [3.05, 3.63) is 60.9 Å². The predicted octanol–water partition coefficient (Wildman–Crippen LogP) is 4.13. The Bertz CT molecular complexity index is 1150. The lowest BCUT2D eigenvalue weighted by molar-refractivity contribution is 0.581. The van der Waals surface area contributed by atoms with Gasteiger partial charge in [0.15, 0.2) is 5.58 Å². The number of oxazole rings is 1. The van der Waals surface area contributed by atoms with Crippen molar-refractivity contribution in [1.82, 2.24) is 4.98 Å². The van der Waals surface area contributed by atoms with Gasteiger partial charge in [0.2, 0.25) is 15.9 Å². The summed E-state index contributed by atoms with van der Waals surface area (Å²) in [5, 5.41) is 0. The topological polar surface area (TPSA) is 85.3 Å². The first kappa shape index (κ1) is 15.5. The quantitative estimate of drug-likeness (QED) is 0.596. The maximum atomic E-state index is 11.4. The van der Waals surface area contributed by atoms with Crippen molar-refractivity contribution in [3.8, 4) is 22.8 Å². The number of furan rings is 1. The zero-order chi connectivity index (χ0) is 17.4. The van der Waals surface area contributed by atoms with Gasteiger partial charge in [-0.05, 0) is 48.5 Å². The number of nitrogens with zero attached hydrogens (tertiary/aromatic N) is 1. The molecule has 0 saturated carbocycles. The van der Waals surface area contributed by atoms with Crippen LogP contribution in [-0.4, -0.2) is 19.7 Å². The summed E-state index contributed by atoms with van der Waals surface area (Å²) in [7, 11) is -3.34. The molecule has 6 nitrogen and oxygen atoms in total. The van der Waals surface area contributed by atoms with Crippen LogP contribution in [0.1, 0.15) is 0 Å². The van der Waals surface area contributed by atoms with Gasteiger partial charge >= 0.3 is 0 Å². The second kappa shape index (κ2) is 5.78. The molecular weight excluding hydrogens is 340 g/mol. The zero-order valence-electron chi connectivity index (χ0n) is 13.3. The fourth-order valence-electron chi connectivity index (χ4n) is 2.57. The highest BCUT2D eigenvalue weighted by Crippen LogP contribution is 2.29. The van der Waals surface area contributed by atoms with E-state index >= 15 is 0 Å². The lowest BCUT2D eigenvalue weighted by Crippen LogP contribution is -2.09. The third-order valence-corrected chi connectivity index (χ3v) is 4.21. The van der Waals surface area contributed by atoms with E-state index in [9.17, 15) is 8.42 Å². The molecule has 0 unspecified atom stereocenters. The minimum atomic E-state index is -3.34. The molecule has 0 aliphatic heterocycles. The number of aromatic nitrogens is 1. The first-order valence-corrected chi connectivity index (χ1v) is 9.40. The molecule has 0 radical (unpaired) electrons. The van der Waals surface area contributed by atoms with E-state index in [1.54, 1.807) is 24.5 Å². The lowest BCUT2D eigenvalue weighted by Gasteiger charge is -2.04. The number of fused-ring (bicyclic) bond motifs is 1. The van der Waals surface area contributed by atoms with Crippen molar-refractivity contribution in [1.29, 1.82) is 0 Å². The Labute approximate surface area is 144 Å². The van der Waals surface area contributed by atoms with E-state index in [0.717, 1.165) is 17.6 Å². The van der Waals surface area contributed by atoms with Crippen LogP contribution >= 0.6 is 0 Å². The SMILES string of the molecule is CS(=O)(=O)Nc1cccc(-c2nc3ccc(-c4ccco4)cc3o2)c1. The number of sulfonamides is 1. The van der Waals surface area contributed by atoms with E-state index < -0.39 is 10.0 Å². The van der Waals surface area contributed by atoms with Crippen molar-refractivity contribution in [2.45, 2.75) is 0 Å². The van der Waals surface area contributed by atoms with Crippen LogP contribution in [0.3, 0.4) is 0 Å². The molecule has 2 aromatic carbocycles. The van der Waals surface area contributed by atoms with Gasteiger partial charge < -0.3 is 8.83 Å². The molecule has 2 aromatic heterocycles. The molecule has 1 N–H and O–H groups in total. The fourth-order valence-corrected chi connectivity index (χ4v) is 3.13. The van der Waals surface area contributed by atoms with Gasteiger partial charge in [-0.25, -0.2) is 13.4 Å². The monoisotopic (exact) mass is 354 g/mol. The maximum absolute atomic E-state index is 11.4. The molecule has 0 aliphatic carbocycles. The lowest BCUT2D eigenvalue weighted by atomic mass is 10.1. The van der Waals surface area contributed by atoms with Gasteiger partial charge in [-0.15, -0.1) is 0 Å². The number of hydrogen-bond donors (Lipinski definition) is 1. The van der Waals surface area contributed by atoms with Crippen molar-refractivity contribution >= 4 is 26.8 Å². The molecule has 0 fully saturated rings. The molecule has 4 rings (SSSR count). The van der Waals surface area contributed by atoms with E-state index in [1.165, 1.54) is 0 Å². The summed E-state index contributed by atoms with van der Waals surface area (Å²) in [6.07, 6.45) is 2.72. The molecule has 0 spiro atoms. The molecule has 0 atom stereocenters. The third-order valence-electron chi connectivity index (χ3n) is 3.61. The smallest absolute Gasteiger partial charge is 0.229 e. The molecule has 0 amide bonds. The van der Waals surface area contributed by atoms with E-state index in [2.05, 4.69) is 9.71 Å². The van der Waals surface area contributed by atoms with E-state index in [-0.39, 0.29) is 0 Å². The molecule has 25 heavy (non-hydrogen) atoms.